The summed E-state index contributed by atoms with van der Waals surface area (Å²) in [4.78, 5) is 12.8. The summed E-state index contributed by atoms with van der Waals surface area (Å²) in [5.74, 6) is 2.69. The van der Waals surface area contributed by atoms with Gasteiger partial charge in [0.15, 0.2) is 0 Å². The molecule has 2 aromatic rings. The van der Waals surface area contributed by atoms with Gasteiger partial charge in [0.1, 0.15) is 0 Å². The van der Waals surface area contributed by atoms with E-state index in [9.17, 15) is 4.79 Å². The summed E-state index contributed by atoms with van der Waals surface area (Å²) in [7, 11) is 0. The van der Waals surface area contributed by atoms with E-state index in [0.717, 1.165) is 23.2 Å². The van der Waals surface area contributed by atoms with Crippen molar-refractivity contribution < 1.29 is 4.79 Å². The summed E-state index contributed by atoms with van der Waals surface area (Å²) in [6.45, 7) is 4.21. The summed E-state index contributed by atoms with van der Waals surface area (Å²) in [6.07, 6.45) is 6.35. The van der Waals surface area contributed by atoms with Crippen LogP contribution in [0, 0.1) is 18.3 Å². The molecule has 0 aliphatic rings. The maximum atomic E-state index is 12.8. The van der Waals surface area contributed by atoms with Gasteiger partial charge in [-0.3, -0.25) is 4.79 Å². The Morgan fingerprint density at radius 2 is 1.91 bits per heavy atom. The maximum Gasteiger partial charge on any atom is 0.232 e. The topological polar surface area (TPSA) is 29.1 Å². The molecule has 2 nitrogen and oxygen atoms in total. The molecule has 1 N–H and O–H groups in total. The molecule has 112 valence electrons. The van der Waals surface area contributed by atoms with Gasteiger partial charge in [0.05, 0.1) is 5.92 Å². The fourth-order valence-electron chi connectivity index (χ4n) is 2.54. The van der Waals surface area contributed by atoms with Crippen molar-refractivity contribution in [3.05, 3.63) is 65.7 Å². The Labute approximate surface area is 132 Å². The van der Waals surface area contributed by atoms with E-state index in [1.807, 2.05) is 54.6 Å². The first kappa shape index (κ1) is 15.9. The van der Waals surface area contributed by atoms with Crippen molar-refractivity contribution in [1.29, 1.82) is 0 Å². The summed E-state index contributed by atoms with van der Waals surface area (Å²) in [5, 5.41) is 3.00. The molecule has 2 atom stereocenters. The molecule has 2 aromatic carbocycles. The third-order valence-electron chi connectivity index (χ3n) is 3.95. The summed E-state index contributed by atoms with van der Waals surface area (Å²) in [6, 6.07) is 17.3. The van der Waals surface area contributed by atoms with E-state index in [0.29, 0.717) is 0 Å². The highest BCUT2D eigenvalue weighted by molar-refractivity contribution is 5.96. The molecule has 0 bridgehead atoms. The lowest BCUT2D eigenvalue weighted by molar-refractivity contribution is -0.118. The number of nitrogens with one attached hydrogen (secondary N) is 1. The van der Waals surface area contributed by atoms with Crippen LogP contribution >= 0.6 is 0 Å². The molecule has 22 heavy (non-hydrogen) atoms. The highest BCUT2D eigenvalue weighted by Crippen LogP contribution is 2.28. The van der Waals surface area contributed by atoms with E-state index in [2.05, 4.69) is 25.1 Å². The van der Waals surface area contributed by atoms with Gasteiger partial charge in [-0.1, -0.05) is 62.6 Å². The number of terminal acetylenes is 1. The number of rotatable bonds is 5. The fraction of sp³-hybridized carbons (Fsp3) is 0.250. The highest BCUT2D eigenvalue weighted by Gasteiger charge is 2.25. The van der Waals surface area contributed by atoms with Crippen molar-refractivity contribution in [3.63, 3.8) is 0 Å². The smallest absolute Gasteiger partial charge is 0.232 e. The van der Waals surface area contributed by atoms with Gasteiger partial charge in [-0.15, -0.1) is 6.42 Å². The highest BCUT2D eigenvalue weighted by atomic mass is 16.1. The van der Waals surface area contributed by atoms with Crippen LogP contribution in [-0.2, 0) is 4.79 Å². The van der Waals surface area contributed by atoms with Crippen LogP contribution in [-0.4, -0.2) is 5.91 Å². The molecule has 2 heteroatoms. The normalized spacial score (nSPS) is 13.0. The number of amides is 1. The quantitative estimate of drug-likeness (QED) is 0.811. The number of benzene rings is 2. The van der Waals surface area contributed by atoms with Gasteiger partial charge in [0, 0.05) is 11.3 Å². The van der Waals surface area contributed by atoms with Crippen LogP contribution in [0.2, 0.25) is 0 Å². The van der Waals surface area contributed by atoms with Crippen molar-refractivity contribution in [2.45, 2.75) is 26.2 Å². The molecular weight excluding hydrogens is 270 g/mol. The first-order chi connectivity index (χ1) is 10.7. The molecule has 2 rings (SSSR count). The number of hydrogen-bond acceptors (Lipinski definition) is 1. The van der Waals surface area contributed by atoms with Crippen molar-refractivity contribution in [1.82, 2.24) is 0 Å². The number of carbonyl (C=O) groups excluding carboxylic acids is 1. The van der Waals surface area contributed by atoms with Crippen molar-refractivity contribution >= 4 is 11.6 Å². The van der Waals surface area contributed by atoms with Crippen LogP contribution in [0.4, 0.5) is 5.69 Å². The summed E-state index contributed by atoms with van der Waals surface area (Å²) in [5.41, 5.74) is 2.55. The summed E-state index contributed by atoms with van der Waals surface area (Å²) < 4.78 is 0. The minimum absolute atomic E-state index is 0.00900. The Morgan fingerprint density at radius 3 is 2.55 bits per heavy atom. The second kappa shape index (κ2) is 7.47. The van der Waals surface area contributed by atoms with Crippen molar-refractivity contribution in [3.8, 4) is 12.3 Å². The van der Waals surface area contributed by atoms with Crippen LogP contribution in [0.3, 0.4) is 0 Å². The fourth-order valence-corrected chi connectivity index (χ4v) is 2.54. The maximum absolute atomic E-state index is 12.8. The molecule has 0 fully saturated rings. The van der Waals surface area contributed by atoms with Gasteiger partial charge in [-0.25, -0.2) is 0 Å². The van der Waals surface area contributed by atoms with Crippen molar-refractivity contribution in [2.24, 2.45) is 5.92 Å². The lowest BCUT2D eigenvalue weighted by atomic mass is 9.85. The monoisotopic (exact) mass is 291 g/mol. The first-order valence-corrected chi connectivity index (χ1v) is 7.58. The van der Waals surface area contributed by atoms with Crippen LogP contribution in [0.15, 0.2) is 54.6 Å². The van der Waals surface area contributed by atoms with Crippen molar-refractivity contribution in [2.75, 3.05) is 5.32 Å². The zero-order valence-corrected chi connectivity index (χ0v) is 13.0. The second-order valence-corrected chi connectivity index (χ2v) is 5.49. The predicted octanol–water partition coefficient (Wildman–Crippen LogP) is 4.44. The average molecular weight is 291 g/mol. The second-order valence-electron chi connectivity index (χ2n) is 5.49. The third kappa shape index (κ3) is 3.77. The Morgan fingerprint density at radius 1 is 1.18 bits per heavy atom. The van der Waals surface area contributed by atoms with Gasteiger partial charge in [0.25, 0.3) is 0 Å². The first-order valence-electron chi connectivity index (χ1n) is 7.58. The predicted molar refractivity (Wildman–Crippen MR) is 91.6 cm³/mol. The Balaban J connectivity index is 2.24. The molecule has 1 amide bonds. The lowest BCUT2D eigenvalue weighted by Gasteiger charge is -2.23. The molecule has 0 spiro atoms. The minimum atomic E-state index is -0.166. The van der Waals surface area contributed by atoms with E-state index in [1.54, 1.807) is 0 Å². The zero-order valence-electron chi connectivity index (χ0n) is 13.0. The lowest BCUT2D eigenvalue weighted by Crippen LogP contribution is -2.26. The van der Waals surface area contributed by atoms with E-state index >= 15 is 0 Å². The van der Waals surface area contributed by atoms with E-state index < -0.39 is 0 Å². The van der Waals surface area contributed by atoms with Crippen LogP contribution < -0.4 is 5.32 Å². The van der Waals surface area contributed by atoms with E-state index in [1.165, 1.54) is 0 Å². The molecule has 0 saturated carbocycles. The number of carbonyl (C=O) groups is 1. The molecule has 0 radical (unpaired) electrons. The largest absolute Gasteiger partial charge is 0.326 e. The molecular formula is C20H21NO. The number of hydrogen-bond donors (Lipinski definition) is 1. The van der Waals surface area contributed by atoms with Gasteiger partial charge in [-0.2, -0.15) is 0 Å². The standard InChI is InChI=1S/C20H21NO/c1-4-15(3)19(17-11-7-6-8-12-17)20(22)21-18-13-9-10-16(5-2)14-18/h2,6-15,19H,4H2,1,3H3,(H,21,22). The zero-order chi connectivity index (χ0) is 15.9. The minimum Gasteiger partial charge on any atom is -0.326 e. The molecule has 0 aliphatic carbocycles. The number of anilines is 1. The summed E-state index contributed by atoms with van der Waals surface area (Å²) >= 11 is 0. The third-order valence-corrected chi connectivity index (χ3v) is 3.95. The van der Waals surface area contributed by atoms with E-state index in [-0.39, 0.29) is 17.7 Å². The van der Waals surface area contributed by atoms with Crippen LogP contribution in [0.1, 0.15) is 37.3 Å². The van der Waals surface area contributed by atoms with Crippen LogP contribution in [0.5, 0.6) is 0 Å². The van der Waals surface area contributed by atoms with Gasteiger partial charge in [0.2, 0.25) is 5.91 Å². The Hall–Kier alpha value is -2.53. The molecule has 0 saturated heterocycles. The molecule has 0 heterocycles. The van der Waals surface area contributed by atoms with Gasteiger partial charge >= 0.3 is 0 Å². The SMILES string of the molecule is C#Cc1cccc(NC(=O)C(c2ccccc2)C(C)CC)c1. The molecule has 0 aliphatic heterocycles. The Kier molecular flexibility index (Phi) is 5.38. The van der Waals surface area contributed by atoms with E-state index in [4.69, 9.17) is 6.42 Å². The van der Waals surface area contributed by atoms with Crippen LogP contribution in [0.25, 0.3) is 0 Å². The Bertz CT molecular complexity index is 670. The van der Waals surface area contributed by atoms with Gasteiger partial charge < -0.3 is 5.32 Å². The average Bonchev–Trinajstić information content (AvgIpc) is 2.56. The molecule has 0 aromatic heterocycles. The van der Waals surface area contributed by atoms with Gasteiger partial charge in [-0.05, 0) is 29.7 Å². The molecule has 2 unspecified atom stereocenters.